The smallest absolute Gasteiger partial charge is 0.325 e. The number of phenolic OH excluding ortho intramolecular Hbond substituents is 1. The highest BCUT2D eigenvalue weighted by Crippen LogP contribution is 2.32. The van der Waals surface area contributed by atoms with Crippen LogP contribution in [0.25, 0.3) is 17.0 Å². The van der Waals surface area contributed by atoms with Crippen LogP contribution in [0, 0.1) is 11.6 Å². The van der Waals surface area contributed by atoms with Crippen molar-refractivity contribution in [2.24, 2.45) is 0 Å². The summed E-state index contributed by atoms with van der Waals surface area (Å²) < 4.78 is 34.6. The molecule has 0 atom stereocenters. The monoisotopic (exact) mass is 546 g/mol. The van der Waals surface area contributed by atoms with Gasteiger partial charge in [0.1, 0.15) is 35.1 Å². The van der Waals surface area contributed by atoms with Gasteiger partial charge in [-0.3, -0.25) is 4.79 Å². The minimum absolute atomic E-state index is 0.00645. The second-order valence-electron chi connectivity index (χ2n) is 8.85. The number of nitrogens with two attached hydrogens (primary N) is 2. The van der Waals surface area contributed by atoms with Gasteiger partial charge in [0.2, 0.25) is 0 Å². The number of carbonyl (C=O) groups excluding carboxylic acids is 1. The number of carbonyl (C=O) groups is 1. The maximum absolute atomic E-state index is 14.4. The summed E-state index contributed by atoms with van der Waals surface area (Å²) in [5.74, 6) is -1.93. The summed E-state index contributed by atoms with van der Waals surface area (Å²) in [4.78, 5) is 26.5. The van der Waals surface area contributed by atoms with Crippen LogP contribution < -0.4 is 16.4 Å². The highest BCUT2D eigenvalue weighted by molar-refractivity contribution is 5.83. The van der Waals surface area contributed by atoms with E-state index in [-0.39, 0.29) is 54.0 Å². The number of benzene rings is 2. The standard InChI is InChI=1S/C27H24F2N8O3/c1-40-22(39)14-36(13-16-7-3-5-9-21(16)38)24-25(30)33-27(34-26(24)31)37-20-11-17(28)12-32-23(20)19(35-37)10-15-6-2-4-8-18(15)29/h2-9,11-12,38H,10,13-14H2,1H3,(H4,30,31,33,34). The van der Waals surface area contributed by atoms with Crippen molar-refractivity contribution in [2.45, 2.75) is 13.0 Å². The molecular formula is C27H24F2N8O3. The molecule has 0 amide bonds. The van der Waals surface area contributed by atoms with Crippen LogP contribution in [0.15, 0.2) is 60.8 Å². The van der Waals surface area contributed by atoms with E-state index in [9.17, 15) is 18.7 Å². The van der Waals surface area contributed by atoms with Gasteiger partial charge in [-0.15, -0.1) is 0 Å². The van der Waals surface area contributed by atoms with Gasteiger partial charge in [0.25, 0.3) is 5.95 Å². The molecule has 3 aromatic heterocycles. The van der Waals surface area contributed by atoms with Gasteiger partial charge in [0.05, 0.1) is 24.5 Å². The molecule has 0 aliphatic rings. The molecule has 13 heteroatoms. The number of methoxy groups -OCH3 is 1. The largest absolute Gasteiger partial charge is 0.508 e. The summed E-state index contributed by atoms with van der Waals surface area (Å²) in [7, 11) is 1.24. The van der Waals surface area contributed by atoms with Gasteiger partial charge in [-0.1, -0.05) is 36.4 Å². The molecule has 0 radical (unpaired) electrons. The minimum Gasteiger partial charge on any atom is -0.508 e. The summed E-state index contributed by atoms with van der Waals surface area (Å²) in [5.41, 5.74) is 14.5. The average molecular weight is 547 g/mol. The second kappa shape index (κ2) is 10.8. The Labute approximate surface area is 226 Å². The molecular weight excluding hydrogens is 522 g/mol. The number of esters is 1. The van der Waals surface area contributed by atoms with Crippen molar-refractivity contribution in [1.82, 2.24) is 24.7 Å². The van der Waals surface area contributed by atoms with E-state index in [1.54, 1.807) is 36.4 Å². The van der Waals surface area contributed by atoms with Crippen molar-refractivity contribution < 1.29 is 23.4 Å². The number of hydrogen-bond donors (Lipinski definition) is 3. The highest BCUT2D eigenvalue weighted by Gasteiger charge is 2.24. The summed E-state index contributed by atoms with van der Waals surface area (Å²) >= 11 is 0. The van der Waals surface area contributed by atoms with Crippen LogP contribution in [0.3, 0.4) is 0 Å². The zero-order valence-electron chi connectivity index (χ0n) is 21.3. The number of fused-ring (bicyclic) bond motifs is 1. The van der Waals surface area contributed by atoms with Crippen LogP contribution in [0.4, 0.5) is 26.1 Å². The Bertz CT molecular complexity index is 1700. The van der Waals surface area contributed by atoms with Crippen molar-refractivity contribution in [3.8, 4) is 11.7 Å². The number of anilines is 3. The van der Waals surface area contributed by atoms with Crippen molar-refractivity contribution in [1.29, 1.82) is 0 Å². The molecule has 2 aromatic carbocycles. The first-order valence-electron chi connectivity index (χ1n) is 12.0. The number of hydrogen-bond acceptors (Lipinski definition) is 10. The molecule has 5 aromatic rings. The molecule has 40 heavy (non-hydrogen) atoms. The Morgan fingerprint density at radius 3 is 2.40 bits per heavy atom. The molecule has 11 nitrogen and oxygen atoms in total. The molecule has 204 valence electrons. The summed E-state index contributed by atoms with van der Waals surface area (Å²) in [6.45, 7) is -0.236. The van der Waals surface area contributed by atoms with Crippen LogP contribution in [-0.2, 0) is 22.5 Å². The minimum atomic E-state index is -0.629. The summed E-state index contributed by atoms with van der Waals surface area (Å²) in [6, 6.07) is 14.0. The number of aromatic hydroxyl groups is 1. The normalized spacial score (nSPS) is 11.1. The lowest BCUT2D eigenvalue weighted by atomic mass is 10.1. The third-order valence-corrected chi connectivity index (χ3v) is 6.20. The van der Waals surface area contributed by atoms with E-state index < -0.39 is 17.6 Å². The zero-order valence-corrected chi connectivity index (χ0v) is 21.3. The lowest BCUT2D eigenvalue weighted by Crippen LogP contribution is -2.32. The van der Waals surface area contributed by atoms with E-state index in [1.807, 2.05) is 0 Å². The second-order valence-corrected chi connectivity index (χ2v) is 8.85. The van der Waals surface area contributed by atoms with Crippen molar-refractivity contribution in [2.75, 3.05) is 30.0 Å². The van der Waals surface area contributed by atoms with Crippen LogP contribution in [-0.4, -0.2) is 49.5 Å². The van der Waals surface area contributed by atoms with E-state index in [0.29, 0.717) is 22.3 Å². The number of rotatable bonds is 8. The Morgan fingerprint density at radius 1 is 1.05 bits per heavy atom. The van der Waals surface area contributed by atoms with E-state index >= 15 is 0 Å². The molecule has 0 aliphatic carbocycles. The summed E-state index contributed by atoms with van der Waals surface area (Å²) in [5, 5.41) is 14.8. The van der Waals surface area contributed by atoms with Crippen LogP contribution >= 0.6 is 0 Å². The van der Waals surface area contributed by atoms with Gasteiger partial charge >= 0.3 is 5.97 Å². The SMILES string of the molecule is COC(=O)CN(Cc1ccccc1O)c1c(N)nc(-n2nc(Cc3ccccc3F)c3ncc(F)cc32)nc1N. The Hall–Kier alpha value is -5.33. The highest BCUT2D eigenvalue weighted by atomic mass is 19.1. The molecule has 5 rings (SSSR count). The predicted octanol–water partition coefficient (Wildman–Crippen LogP) is 3.13. The van der Waals surface area contributed by atoms with Crippen molar-refractivity contribution in [3.63, 3.8) is 0 Å². The fourth-order valence-electron chi connectivity index (χ4n) is 4.31. The lowest BCUT2D eigenvalue weighted by Gasteiger charge is -2.26. The van der Waals surface area contributed by atoms with Gasteiger partial charge in [0, 0.05) is 24.6 Å². The van der Waals surface area contributed by atoms with Gasteiger partial charge in [-0.25, -0.2) is 13.8 Å². The Balaban J connectivity index is 1.59. The van der Waals surface area contributed by atoms with Crippen LogP contribution in [0.1, 0.15) is 16.8 Å². The first kappa shape index (κ1) is 26.3. The molecule has 0 unspecified atom stereocenters. The lowest BCUT2D eigenvalue weighted by molar-refractivity contribution is -0.139. The van der Waals surface area contributed by atoms with E-state index in [2.05, 4.69) is 20.1 Å². The number of para-hydroxylation sites is 1. The molecule has 5 N–H and O–H groups in total. The van der Waals surface area contributed by atoms with E-state index in [4.69, 9.17) is 16.2 Å². The average Bonchev–Trinajstić information content (AvgIpc) is 3.27. The number of halogens is 2. The maximum atomic E-state index is 14.4. The fraction of sp³-hybridized carbons (Fsp3) is 0.148. The zero-order chi connectivity index (χ0) is 28.4. The number of nitrogen functional groups attached to an aromatic ring is 2. The maximum Gasteiger partial charge on any atom is 0.325 e. The third kappa shape index (κ3) is 5.16. The number of phenols is 1. The molecule has 3 heterocycles. The molecule has 0 spiro atoms. The van der Waals surface area contributed by atoms with Crippen molar-refractivity contribution in [3.05, 3.63) is 89.2 Å². The molecule has 0 aliphatic heterocycles. The Morgan fingerprint density at radius 2 is 1.73 bits per heavy atom. The van der Waals surface area contributed by atoms with E-state index in [0.717, 1.165) is 6.20 Å². The molecule has 0 saturated heterocycles. The predicted molar refractivity (Wildman–Crippen MR) is 144 cm³/mol. The molecule has 0 saturated carbocycles. The number of ether oxygens (including phenoxy) is 1. The quantitative estimate of drug-likeness (QED) is 0.247. The molecule has 0 fully saturated rings. The van der Waals surface area contributed by atoms with Crippen LogP contribution in [0.2, 0.25) is 0 Å². The third-order valence-electron chi connectivity index (χ3n) is 6.20. The summed E-state index contributed by atoms with van der Waals surface area (Å²) in [6.07, 6.45) is 1.11. The van der Waals surface area contributed by atoms with Gasteiger partial charge in [-0.2, -0.15) is 19.7 Å². The van der Waals surface area contributed by atoms with Gasteiger partial charge < -0.3 is 26.2 Å². The van der Waals surface area contributed by atoms with E-state index in [1.165, 1.54) is 34.9 Å². The number of pyridine rings is 1. The topological polar surface area (TPSA) is 158 Å². The fourth-order valence-corrected chi connectivity index (χ4v) is 4.31. The molecule has 0 bridgehead atoms. The number of nitrogens with zero attached hydrogens (tertiary/aromatic N) is 6. The number of aromatic nitrogens is 5. The van der Waals surface area contributed by atoms with Gasteiger partial charge in [0.15, 0.2) is 11.6 Å². The van der Waals surface area contributed by atoms with Crippen molar-refractivity contribution >= 4 is 34.3 Å². The van der Waals surface area contributed by atoms with Gasteiger partial charge in [-0.05, 0) is 17.7 Å². The van der Waals surface area contributed by atoms with Crippen LogP contribution in [0.5, 0.6) is 5.75 Å². The Kier molecular flexibility index (Phi) is 7.10. The first-order valence-corrected chi connectivity index (χ1v) is 12.0. The first-order chi connectivity index (χ1) is 19.2.